The van der Waals surface area contributed by atoms with Gasteiger partial charge in [-0.25, -0.2) is 0 Å². The van der Waals surface area contributed by atoms with Gasteiger partial charge in [0, 0.05) is 13.1 Å². The second-order valence-electron chi connectivity index (χ2n) is 4.75. The minimum Gasteiger partial charge on any atom is -0.393 e. The van der Waals surface area contributed by atoms with Crippen molar-refractivity contribution in [1.29, 1.82) is 0 Å². The van der Waals surface area contributed by atoms with Crippen molar-refractivity contribution in [2.24, 2.45) is 11.7 Å². The molecule has 1 fully saturated rings. The number of hydrogen-bond acceptors (Lipinski definition) is 3. The van der Waals surface area contributed by atoms with Gasteiger partial charge in [0.2, 0.25) is 5.91 Å². The third kappa shape index (κ3) is 3.15. The summed E-state index contributed by atoms with van der Waals surface area (Å²) in [5.41, 5.74) is 4.82. The van der Waals surface area contributed by atoms with Crippen molar-refractivity contribution in [3.8, 4) is 0 Å². The number of hydrogen-bond donors (Lipinski definition) is 2. The molecule has 1 amide bonds. The summed E-state index contributed by atoms with van der Waals surface area (Å²) in [7, 11) is 0. The van der Waals surface area contributed by atoms with Gasteiger partial charge in [0.25, 0.3) is 0 Å². The normalized spacial score (nSPS) is 26.8. The van der Waals surface area contributed by atoms with Gasteiger partial charge >= 0.3 is 0 Å². The molecule has 0 aromatic rings. The second kappa shape index (κ2) is 5.10. The average Bonchev–Trinajstić information content (AvgIpc) is 2.53. The molecule has 16 heavy (non-hydrogen) atoms. The Morgan fingerprint density at radius 1 is 1.69 bits per heavy atom. The minimum absolute atomic E-state index is 0.0351. The van der Waals surface area contributed by atoms with Crippen LogP contribution in [0.15, 0.2) is 0 Å². The fourth-order valence-corrected chi connectivity index (χ4v) is 2.25. The third-order valence-corrected chi connectivity index (χ3v) is 3.27. The number of rotatable bonds is 4. The number of carbonyl (C=O) groups excluding carboxylic acids is 1. The maximum absolute atomic E-state index is 12.1. The topological polar surface area (TPSA) is 66.6 Å². The number of likely N-dealkylation sites (tertiary alicyclic amines) is 1. The lowest BCUT2D eigenvalue weighted by Crippen LogP contribution is -2.41. The first-order valence-corrected chi connectivity index (χ1v) is 6.08. The van der Waals surface area contributed by atoms with Crippen molar-refractivity contribution in [2.75, 3.05) is 13.1 Å². The summed E-state index contributed by atoms with van der Waals surface area (Å²) in [6.07, 6.45) is 2.18. The lowest BCUT2D eigenvalue weighted by atomic mass is 10.0. The van der Waals surface area contributed by atoms with E-state index < -0.39 is 5.60 Å². The summed E-state index contributed by atoms with van der Waals surface area (Å²) in [6, 6.07) is 0. The van der Waals surface area contributed by atoms with E-state index in [1.165, 1.54) is 0 Å². The van der Waals surface area contributed by atoms with E-state index in [9.17, 15) is 9.90 Å². The Labute approximate surface area is 102 Å². The molecule has 2 atom stereocenters. The Morgan fingerprint density at radius 3 is 2.69 bits per heavy atom. The Hall–Kier alpha value is -0.680. The van der Waals surface area contributed by atoms with Crippen molar-refractivity contribution < 1.29 is 9.90 Å². The van der Waals surface area contributed by atoms with Crippen LogP contribution in [0.3, 0.4) is 0 Å². The van der Waals surface area contributed by atoms with Crippen LogP contribution in [0.4, 0.5) is 0 Å². The van der Waals surface area contributed by atoms with Crippen LogP contribution < -0.4 is 5.73 Å². The van der Waals surface area contributed by atoms with E-state index in [0.29, 0.717) is 25.9 Å². The van der Waals surface area contributed by atoms with Gasteiger partial charge in [-0.15, -0.1) is 0 Å². The summed E-state index contributed by atoms with van der Waals surface area (Å²) >= 11 is 4.92. The van der Waals surface area contributed by atoms with Crippen molar-refractivity contribution in [1.82, 2.24) is 4.90 Å². The molecule has 0 aromatic carbocycles. The zero-order chi connectivity index (χ0) is 12.3. The molecule has 1 heterocycles. The standard InChI is InChI=1S/C11H20N2O2S/c1-3-4-8(9(12)16)10(14)13-6-5-11(2,15)7-13/h8,15H,3-7H2,1-2H3,(H2,12,16). The van der Waals surface area contributed by atoms with Crippen LogP contribution in [-0.2, 0) is 4.79 Å². The van der Waals surface area contributed by atoms with Crippen LogP contribution in [0.5, 0.6) is 0 Å². The molecule has 2 unspecified atom stereocenters. The minimum atomic E-state index is -0.761. The highest BCUT2D eigenvalue weighted by atomic mass is 32.1. The smallest absolute Gasteiger partial charge is 0.232 e. The molecule has 3 N–H and O–H groups in total. The van der Waals surface area contributed by atoms with Gasteiger partial charge in [0.15, 0.2) is 0 Å². The molecule has 0 saturated carbocycles. The first kappa shape index (κ1) is 13.4. The lowest BCUT2D eigenvalue weighted by molar-refractivity contribution is -0.133. The SMILES string of the molecule is CCCC(C(=O)N1CCC(C)(O)C1)C(N)=S. The number of β-amino-alcohol motifs (C(OH)–C–C–N with tert-alkyl or cyclic N) is 1. The van der Waals surface area contributed by atoms with Crippen LogP contribution in [-0.4, -0.2) is 39.6 Å². The highest BCUT2D eigenvalue weighted by Gasteiger charge is 2.36. The molecule has 1 rings (SSSR count). The molecule has 1 saturated heterocycles. The molecular weight excluding hydrogens is 224 g/mol. The first-order valence-electron chi connectivity index (χ1n) is 5.68. The zero-order valence-electron chi connectivity index (χ0n) is 9.90. The van der Waals surface area contributed by atoms with E-state index in [1.807, 2.05) is 6.92 Å². The van der Waals surface area contributed by atoms with E-state index in [2.05, 4.69) is 0 Å². The summed E-state index contributed by atoms with van der Waals surface area (Å²) in [4.78, 5) is 14.0. The fraction of sp³-hybridized carbons (Fsp3) is 0.818. The van der Waals surface area contributed by atoms with E-state index in [0.717, 1.165) is 6.42 Å². The fourth-order valence-electron chi connectivity index (χ4n) is 2.03. The first-order chi connectivity index (χ1) is 7.37. The Balaban J connectivity index is 2.65. The third-order valence-electron chi connectivity index (χ3n) is 2.98. The number of nitrogens with two attached hydrogens (primary N) is 1. The quantitative estimate of drug-likeness (QED) is 0.713. The van der Waals surface area contributed by atoms with Crippen LogP contribution >= 0.6 is 12.2 Å². The Kier molecular flexibility index (Phi) is 4.27. The highest BCUT2D eigenvalue weighted by Crippen LogP contribution is 2.23. The molecule has 5 heteroatoms. The molecular formula is C11H20N2O2S. The maximum atomic E-state index is 12.1. The molecule has 0 spiro atoms. The summed E-state index contributed by atoms with van der Waals surface area (Å²) in [6.45, 7) is 4.72. The molecule has 1 aliphatic rings. The molecule has 0 radical (unpaired) electrons. The van der Waals surface area contributed by atoms with E-state index in [-0.39, 0.29) is 16.8 Å². The summed E-state index contributed by atoms with van der Waals surface area (Å²) in [5.74, 6) is -0.402. The van der Waals surface area contributed by atoms with E-state index in [1.54, 1.807) is 11.8 Å². The molecule has 0 aliphatic carbocycles. The number of nitrogens with zero attached hydrogens (tertiary/aromatic N) is 1. The second-order valence-corrected chi connectivity index (χ2v) is 5.22. The summed E-state index contributed by atoms with van der Waals surface area (Å²) in [5, 5.41) is 9.81. The highest BCUT2D eigenvalue weighted by molar-refractivity contribution is 7.80. The van der Waals surface area contributed by atoms with Crippen molar-refractivity contribution >= 4 is 23.1 Å². The van der Waals surface area contributed by atoms with E-state index in [4.69, 9.17) is 18.0 Å². The monoisotopic (exact) mass is 244 g/mol. The Morgan fingerprint density at radius 2 is 2.31 bits per heavy atom. The molecule has 1 aliphatic heterocycles. The molecule has 0 aromatic heterocycles. The van der Waals surface area contributed by atoms with Crippen molar-refractivity contribution in [3.63, 3.8) is 0 Å². The molecule has 92 valence electrons. The van der Waals surface area contributed by atoms with Crippen molar-refractivity contribution in [3.05, 3.63) is 0 Å². The van der Waals surface area contributed by atoms with Crippen LogP contribution in [0, 0.1) is 5.92 Å². The number of thiocarbonyl (C=S) groups is 1. The molecule has 4 nitrogen and oxygen atoms in total. The van der Waals surface area contributed by atoms with Gasteiger partial charge in [0.1, 0.15) is 0 Å². The van der Waals surface area contributed by atoms with Crippen molar-refractivity contribution in [2.45, 2.75) is 38.7 Å². The van der Waals surface area contributed by atoms with E-state index >= 15 is 0 Å². The maximum Gasteiger partial charge on any atom is 0.232 e. The van der Waals surface area contributed by atoms with Gasteiger partial charge in [0.05, 0.1) is 16.5 Å². The average molecular weight is 244 g/mol. The largest absolute Gasteiger partial charge is 0.393 e. The van der Waals surface area contributed by atoms with Gasteiger partial charge < -0.3 is 15.7 Å². The number of carbonyl (C=O) groups is 1. The number of aliphatic hydroxyl groups is 1. The predicted molar refractivity (Wildman–Crippen MR) is 67.0 cm³/mol. The lowest BCUT2D eigenvalue weighted by Gasteiger charge is -2.23. The van der Waals surface area contributed by atoms with Gasteiger partial charge in [-0.1, -0.05) is 25.6 Å². The van der Waals surface area contributed by atoms with Crippen LogP contribution in [0.1, 0.15) is 33.1 Å². The predicted octanol–water partition coefficient (Wildman–Crippen LogP) is 0.672. The summed E-state index contributed by atoms with van der Waals surface area (Å²) < 4.78 is 0. The number of amides is 1. The van der Waals surface area contributed by atoms with Crippen LogP contribution in [0.2, 0.25) is 0 Å². The van der Waals surface area contributed by atoms with Crippen LogP contribution in [0.25, 0.3) is 0 Å². The van der Waals surface area contributed by atoms with Gasteiger partial charge in [-0.2, -0.15) is 0 Å². The zero-order valence-corrected chi connectivity index (χ0v) is 10.7. The van der Waals surface area contributed by atoms with Gasteiger partial charge in [-0.05, 0) is 19.8 Å². The molecule has 0 bridgehead atoms. The Bertz CT molecular complexity index is 292. The van der Waals surface area contributed by atoms with Gasteiger partial charge in [-0.3, -0.25) is 4.79 Å².